The summed E-state index contributed by atoms with van der Waals surface area (Å²) in [5.41, 5.74) is 0.881. The molecule has 0 radical (unpaired) electrons. The molecule has 0 bridgehead atoms. The molecular weight excluding hydrogens is 414 g/mol. The van der Waals surface area contributed by atoms with Crippen molar-refractivity contribution in [1.29, 1.82) is 0 Å². The van der Waals surface area contributed by atoms with Crippen molar-refractivity contribution in [3.05, 3.63) is 45.6 Å². The van der Waals surface area contributed by atoms with Crippen LogP contribution < -0.4 is 4.90 Å². The van der Waals surface area contributed by atoms with Gasteiger partial charge in [0.05, 0.1) is 29.9 Å². The molecule has 148 valence electrons. The van der Waals surface area contributed by atoms with Crippen LogP contribution in [0.1, 0.15) is 11.3 Å². The number of morpholine rings is 1. The fraction of sp³-hybridized carbons (Fsp3) is 0.400. The molecule has 0 aliphatic carbocycles. The molecule has 0 unspecified atom stereocenters. The molecule has 1 aromatic carbocycles. The molecule has 0 spiro atoms. The van der Waals surface area contributed by atoms with Crippen LogP contribution in [0.2, 0.25) is 5.02 Å². The number of halogens is 1. The number of rotatable bonds is 7. The Hall–Kier alpha value is -1.51. The lowest BCUT2D eigenvalue weighted by Gasteiger charge is -2.27. The first-order valence-corrected chi connectivity index (χ1v) is 11.5. The minimum Gasteiger partial charge on any atom is -0.379 e. The van der Waals surface area contributed by atoms with Gasteiger partial charge in [-0.25, -0.2) is 4.98 Å². The summed E-state index contributed by atoms with van der Waals surface area (Å²) in [5, 5.41) is 3.44. The topological polar surface area (TPSA) is 45.7 Å². The van der Waals surface area contributed by atoms with E-state index in [2.05, 4.69) is 4.90 Å². The van der Waals surface area contributed by atoms with Crippen molar-refractivity contribution >= 4 is 55.5 Å². The van der Waals surface area contributed by atoms with Crippen LogP contribution in [0.4, 0.5) is 5.13 Å². The number of aromatic nitrogens is 1. The Kier molecular flexibility index (Phi) is 6.59. The number of benzene rings is 1. The molecule has 3 heterocycles. The maximum atomic E-state index is 13.1. The van der Waals surface area contributed by atoms with Crippen molar-refractivity contribution in [3.8, 4) is 0 Å². The zero-order valence-electron chi connectivity index (χ0n) is 15.5. The van der Waals surface area contributed by atoms with E-state index in [0.29, 0.717) is 18.0 Å². The van der Waals surface area contributed by atoms with E-state index in [9.17, 15) is 4.79 Å². The Balaban J connectivity index is 1.50. The fourth-order valence-electron chi connectivity index (χ4n) is 3.26. The van der Waals surface area contributed by atoms with Crippen molar-refractivity contribution < 1.29 is 9.53 Å². The zero-order chi connectivity index (χ0) is 19.3. The molecule has 4 rings (SSSR count). The number of carbonyl (C=O) groups is 1. The van der Waals surface area contributed by atoms with Gasteiger partial charge in [-0.15, -0.1) is 11.3 Å². The van der Waals surface area contributed by atoms with E-state index in [-0.39, 0.29) is 5.91 Å². The summed E-state index contributed by atoms with van der Waals surface area (Å²) in [5.74, 6) is 0.0922. The molecule has 0 atom stereocenters. The molecule has 2 aromatic heterocycles. The number of thiophene rings is 1. The predicted molar refractivity (Wildman–Crippen MR) is 117 cm³/mol. The van der Waals surface area contributed by atoms with E-state index in [1.54, 1.807) is 11.3 Å². The normalized spacial score (nSPS) is 15.2. The van der Waals surface area contributed by atoms with Gasteiger partial charge in [0, 0.05) is 36.1 Å². The highest BCUT2D eigenvalue weighted by atomic mass is 35.5. The number of nitrogens with zero attached hydrogens (tertiary/aromatic N) is 3. The SMILES string of the molecule is O=C(Cc1cccs1)N(CCCN1CCOCC1)c1nc2ccc(Cl)cc2s1. The quantitative estimate of drug-likeness (QED) is 0.554. The fourth-order valence-corrected chi connectivity index (χ4v) is 5.24. The Labute approximate surface area is 177 Å². The minimum atomic E-state index is 0.0922. The van der Waals surface area contributed by atoms with Crippen molar-refractivity contribution in [2.24, 2.45) is 0 Å². The summed E-state index contributed by atoms with van der Waals surface area (Å²) in [6, 6.07) is 9.65. The molecule has 5 nitrogen and oxygen atoms in total. The first-order chi connectivity index (χ1) is 13.7. The third-order valence-corrected chi connectivity index (χ3v) is 6.89. The van der Waals surface area contributed by atoms with Crippen LogP contribution in [0.25, 0.3) is 10.2 Å². The number of amides is 1. The third-order valence-electron chi connectivity index (χ3n) is 4.74. The molecule has 8 heteroatoms. The molecule has 1 aliphatic rings. The van der Waals surface area contributed by atoms with Crippen LogP contribution in [0.3, 0.4) is 0 Å². The Morgan fingerprint density at radius 1 is 1.29 bits per heavy atom. The van der Waals surface area contributed by atoms with Gasteiger partial charge in [0.2, 0.25) is 5.91 Å². The van der Waals surface area contributed by atoms with E-state index < -0.39 is 0 Å². The Morgan fingerprint density at radius 2 is 2.14 bits per heavy atom. The molecule has 1 fully saturated rings. The highest BCUT2D eigenvalue weighted by Crippen LogP contribution is 2.31. The summed E-state index contributed by atoms with van der Waals surface area (Å²) in [6.45, 7) is 5.13. The summed E-state index contributed by atoms with van der Waals surface area (Å²) in [7, 11) is 0. The molecule has 0 saturated carbocycles. The molecule has 0 N–H and O–H groups in total. The lowest BCUT2D eigenvalue weighted by molar-refractivity contribution is -0.118. The van der Waals surface area contributed by atoms with E-state index in [1.807, 2.05) is 40.6 Å². The maximum absolute atomic E-state index is 13.1. The number of hydrogen-bond donors (Lipinski definition) is 0. The second-order valence-corrected chi connectivity index (χ2v) is 9.20. The Bertz CT molecular complexity index is 923. The standard InChI is InChI=1S/C20H22ClN3O2S2/c21-15-4-5-17-18(13-15)28-20(22-17)24(19(25)14-16-3-1-12-27-16)7-2-6-23-8-10-26-11-9-23/h1,3-5,12-13H,2,6-11,14H2. The van der Waals surface area contributed by atoms with Crippen molar-refractivity contribution in [2.45, 2.75) is 12.8 Å². The first-order valence-electron chi connectivity index (χ1n) is 9.38. The summed E-state index contributed by atoms with van der Waals surface area (Å²) < 4.78 is 6.42. The number of thiazole rings is 1. The number of carbonyl (C=O) groups excluding carboxylic acids is 1. The molecular formula is C20H22ClN3O2S2. The number of hydrogen-bond acceptors (Lipinski definition) is 6. The molecule has 28 heavy (non-hydrogen) atoms. The lowest BCUT2D eigenvalue weighted by Crippen LogP contribution is -2.39. The van der Waals surface area contributed by atoms with E-state index in [4.69, 9.17) is 21.3 Å². The smallest absolute Gasteiger partial charge is 0.234 e. The van der Waals surface area contributed by atoms with Gasteiger partial charge in [0.25, 0.3) is 0 Å². The number of fused-ring (bicyclic) bond motifs is 1. The summed E-state index contributed by atoms with van der Waals surface area (Å²) >= 11 is 9.26. The van der Waals surface area contributed by atoms with Gasteiger partial charge in [0.15, 0.2) is 5.13 Å². The first kappa shape index (κ1) is 19.8. The number of anilines is 1. The van der Waals surface area contributed by atoms with E-state index in [1.165, 1.54) is 11.3 Å². The van der Waals surface area contributed by atoms with Crippen LogP contribution in [0.15, 0.2) is 35.7 Å². The van der Waals surface area contributed by atoms with Gasteiger partial charge >= 0.3 is 0 Å². The van der Waals surface area contributed by atoms with Crippen LogP contribution in [-0.2, 0) is 16.0 Å². The minimum absolute atomic E-state index is 0.0922. The van der Waals surface area contributed by atoms with Gasteiger partial charge in [0.1, 0.15) is 0 Å². The van der Waals surface area contributed by atoms with Crippen molar-refractivity contribution in [3.63, 3.8) is 0 Å². The Morgan fingerprint density at radius 3 is 2.93 bits per heavy atom. The van der Waals surface area contributed by atoms with Gasteiger partial charge < -0.3 is 4.74 Å². The van der Waals surface area contributed by atoms with E-state index >= 15 is 0 Å². The molecule has 3 aromatic rings. The molecule has 1 saturated heterocycles. The molecule has 1 amide bonds. The van der Waals surface area contributed by atoms with Gasteiger partial charge in [-0.2, -0.15) is 0 Å². The van der Waals surface area contributed by atoms with Crippen molar-refractivity contribution in [1.82, 2.24) is 9.88 Å². The lowest BCUT2D eigenvalue weighted by atomic mass is 10.3. The monoisotopic (exact) mass is 435 g/mol. The van der Waals surface area contributed by atoms with Crippen LogP contribution >= 0.6 is 34.3 Å². The highest BCUT2D eigenvalue weighted by Gasteiger charge is 2.21. The van der Waals surface area contributed by atoms with Crippen molar-refractivity contribution in [2.75, 3.05) is 44.3 Å². The predicted octanol–water partition coefficient (Wildman–Crippen LogP) is 4.31. The largest absolute Gasteiger partial charge is 0.379 e. The zero-order valence-corrected chi connectivity index (χ0v) is 17.9. The van der Waals surface area contributed by atoms with Crippen LogP contribution in [0, 0.1) is 0 Å². The van der Waals surface area contributed by atoms with Crippen LogP contribution in [0.5, 0.6) is 0 Å². The van der Waals surface area contributed by atoms with Gasteiger partial charge in [-0.05, 0) is 36.1 Å². The van der Waals surface area contributed by atoms with Gasteiger partial charge in [-0.3, -0.25) is 14.6 Å². The van der Waals surface area contributed by atoms with Gasteiger partial charge in [-0.1, -0.05) is 29.0 Å². The third kappa shape index (κ3) is 4.90. The number of ether oxygens (including phenoxy) is 1. The average Bonchev–Trinajstić information content (AvgIpc) is 3.35. The summed E-state index contributed by atoms with van der Waals surface area (Å²) in [6.07, 6.45) is 1.32. The van der Waals surface area contributed by atoms with Crippen LogP contribution in [-0.4, -0.2) is 55.2 Å². The summed E-state index contributed by atoms with van der Waals surface area (Å²) in [4.78, 5) is 23.1. The maximum Gasteiger partial charge on any atom is 0.234 e. The molecule has 1 aliphatic heterocycles. The highest BCUT2D eigenvalue weighted by molar-refractivity contribution is 7.22. The second kappa shape index (κ2) is 9.33. The van der Waals surface area contributed by atoms with E-state index in [0.717, 1.165) is 59.5 Å². The average molecular weight is 436 g/mol. The second-order valence-electron chi connectivity index (χ2n) is 6.72.